The van der Waals surface area contributed by atoms with Crippen LogP contribution in [0.15, 0.2) is 54.7 Å². The molecule has 0 atom stereocenters. The number of fused-ring (bicyclic) bond motifs is 1. The van der Waals surface area contributed by atoms with Gasteiger partial charge < -0.3 is 10.6 Å². The molecule has 0 radical (unpaired) electrons. The van der Waals surface area contributed by atoms with Crippen LogP contribution in [0.5, 0.6) is 0 Å². The number of nitrogens with one attached hydrogen (secondary N) is 2. The summed E-state index contributed by atoms with van der Waals surface area (Å²) in [4.78, 5) is 11.8. The van der Waals surface area contributed by atoms with Crippen molar-refractivity contribution in [2.45, 2.75) is 0 Å². The summed E-state index contributed by atoms with van der Waals surface area (Å²) >= 11 is 0. The number of halogens is 1. The largest absolute Gasteiger partial charge is 0.361 e. The van der Waals surface area contributed by atoms with Crippen LogP contribution >= 0.6 is 0 Å². The summed E-state index contributed by atoms with van der Waals surface area (Å²) in [6.45, 7) is 0. The Kier molecular flexibility index (Phi) is 2.76. The highest BCUT2D eigenvalue weighted by atomic mass is 19.1. The van der Waals surface area contributed by atoms with E-state index in [1.54, 1.807) is 18.3 Å². The van der Waals surface area contributed by atoms with Crippen molar-refractivity contribution in [3.8, 4) is 0 Å². The molecular formula is C15H11FN2O. The van der Waals surface area contributed by atoms with Gasteiger partial charge in [0.1, 0.15) is 5.82 Å². The molecular weight excluding hydrogens is 243 g/mol. The lowest BCUT2D eigenvalue weighted by Crippen LogP contribution is -2.05. The van der Waals surface area contributed by atoms with E-state index in [2.05, 4.69) is 10.6 Å². The number of hydrogen-bond donors (Lipinski definition) is 2. The molecule has 4 heteroatoms. The first-order valence-corrected chi connectivity index (χ1v) is 5.87. The van der Waals surface area contributed by atoms with Crippen molar-refractivity contribution in [1.82, 2.24) is 0 Å². The average molecular weight is 254 g/mol. The van der Waals surface area contributed by atoms with E-state index in [9.17, 15) is 9.18 Å². The van der Waals surface area contributed by atoms with Crippen LogP contribution in [-0.2, 0) is 4.79 Å². The molecule has 3 rings (SSSR count). The van der Waals surface area contributed by atoms with Gasteiger partial charge in [-0.3, -0.25) is 4.79 Å². The zero-order valence-electron chi connectivity index (χ0n) is 9.98. The van der Waals surface area contributed by atoms with Crippen molar-refractivity contribution in [3.63, 3.8) is 0 Å². The van der Waals surface area contributed by atoms with Crippen LogP contribution in [0.25, 0.3) is 5.57 Å². The lowest BCUT2D eigenvalue weighted by Gasteiger charge is -2.02. The van der Waals surface area contributed by atoms with E-state index in [4.69, 9.17) is 0 Å². The molecule has 0 spiro atoms. The quantitative estimate of drug-likeness (QED) is 0.808. The van der Waals surface area contributed by atoms with Crippen molar-refractivity contribution in [3.05, 3.63) is 66.1 Å². The summed E-state index contributed by atoms with van der Waals surface area (Å²) in [7, 11) is 0. The fraction of sp³-hybridized carbons (Fsp3) is 0. The summed E-state index contributed by atoms with van der Waals surface area (Å²) in [6, 6.07) is 13.4. The van der Waals surface area contributed by atoms with Gasteiger partial charge in [-0.1, -0.05) is 18.2 Å². The Labute approximate surface area is 109 Å². The van der Waals surface area contributed by atoms with Gasteiger partial charge in [0.2, 0.25) is 0 Å². The number of rotatable bonds is 2. The molecule has 0 saturated heterocycles. The van der Waals surface area contributed by atoms with Gasteiger partial charge in [0.15, 0.2) is 0 Å². The molecule has 0 aromatic heterocycles. The Morgan fingerprint density at radius 3 is 2.58 bits per heavy atom. The van der Waals surface area contributed by atoms with Crippen molar-refractivity contribution < 1.29 is 9.18 Å². The first-order chi connectivity index (χ1) is 9.24. The number of carbonyl (C=O) groups is 1. The molecule has 0 bridgehead atoms. The normalized spacial score (nSPS) is 15.2. The molecule has 2 N–H and O–H groups in total. The molecule has 0 fully saturated rings. The fourth-order valence-electron chi connectivity index (χ4n) is 1.98. The van der Waals surface area contributed by atoms with E-state index in [0.717, 1.165) is 16.9 Å². The van der Waals surface area contributed by atoms with E-state index in [1.807, 2.05) is 24.3 Å². The Hall–Kier alpha value is -2.62. The van der Waals surface area contributed by atoms with Crippen molar-refractivity contribution in [1.29, 1.82) is 0 Å². The van der Waals surface area contributed by atoms with Crippen molar-refractivity contribution >= 4 is 22.9 Å². The van der Waals surface area contributed by atoms with Crippen molar-refractivity contribution in [2.24, 2.45) is 0 Å². The third-order valence-corrected chi connectivity index (χ3v) is 2.94. The predicted molar refractivity (Wildman–Crippen MR) is 73.1 cm³/mol. The number of para-hydroxylation sites is 1. The summed E-state index contributed by atoms with van der Waals surface area (Å²) in [5, 5.41) is 5.78. The third kappa shape index (κ3) is 2.20. The third-order valence-electron chi connectivity index (χ3n) is 2.94. The van der Waals surface area contributed by atoms with Gasteiger partial charge in [-0.05, 0) is 30.3 Å². The van der Waals surface area contributed by atoms with E-state index in [-0.39, 0.29) is 11.7 Å². The molecule has 1 amide bonds. The maximum Gasteiger partial charge on any atom is 0.257 e. The predicted octanol–water partition coefficient (Wildman–Crippen LogP) is 3.23. The van der Waals surface area contributed by atoms with E-state index < -0.39 is 0 Å². The molecule has 0 saturated carbocycles. The maximum absolute atomic E-state index is 12.8. The van der Waals surface area contributed by atoms with Gasteiger partial charge in [0.25, 0.3) is 5.91 Å². The van der Waals surface area contributed by atoms with E-state index in [0.29, 0.717) is 5.57 Å². The molecule has 2 aromatic rings. The SMILES string of the molecule is O=C1Nc2ccccc2/C1=C/Nc1ccc(F)cc1. The summed E-state index contributed by atoms with van der Waals surface area (Å²) in [6.07, 6.45) is 1.63. The minimum atomic E-state index is -0.290. The highest BCUT2D eigenvalue weighted by Crippen LogP contribution is 2.31. The monoisotopic (exact) mass is 254 g/mol. The first-order valence-electron chi connectivity index (χ1n) is 5.87. The van der Waals surface area contributed by atoms with Crippen LogP contribution in [0.2, 0.25) is 0 Å². The lowest BCUT2D eigenvalue weighted by molar-refractivity contribution is -0.110. The Balaban J connectivity index is 1.88. The van der Waals surface area contributed by atoms with Crippen LogP contribution in [0.1, 0.15) is 5.56 Å². The van der Waals surface area contributed by atoms with Gasteiger partial charge in [-0.2, -0.15) is 0 Å². The molecule has 3 nitrogen and oxygen atoms in total. The number of anilines is 2. The number of benzene rings is 2. The Morgan fingerprint density at radius 1 is 1.05 bits per heavy atom. The molecule has 94 valence electrons. The zero-order chi connectivity index (χ0) is 13.2. The molecule has 1 aliphatic heterocycles. The standard InChI is InChI=1S/C15H11FN2O/c16-10-5-7-11(8-6-10)17-9-13-12-3-1-2-4-14(12)18-15(13)19/h1-9,17H,(H,18,19)/b13-9-. The first kappa shape index (κ1) is 11.5. The van der Waals surface area contributed by atoms with Gasteiger partial charge in [-0.25, -0.2) is 4.39 Å². The van der Waals surface area contributed by atoms with Crippen molar-refractivity contribution in [2.75, 3.05) is 10.6 Å². The average Bonchev–Trinajstić information content (AvgIpc) is 2.74. The second kappa shape index (κ2) is 4.57. The van der Waals surface area contributed by atoms with Gasteiger partial charge in [0.05, 0.1) is 5.57 Å². The van der Waals surface area contributed by atoms with Gasteiger partial charge in [-0.15, -0.1) is 0 Å². The lowest BCUT2D eigenvalue weighted by atomic mass is 10.1. The molecule has 2 aromatic carbocycles. The summed E-state index contributed by atoms with van der Waals surface area (Å²) in [5.74, 6) is -0.432. The van der Waals surface area contributed by atoms with Crippen LogP contribution < -0.4 is 10.6 Å². The Morgan fingerprint density at radius 2 is 1.79 bits per heavy atom. The number of carbonyl (C=O) groups excluding carboxylic acids is 1. The van der Waals surface area contributed by atoms with E-state index >= 15 is 0 Å². The zero-order valence-corrected chi connectivity index (χ0v) is 9.98. The maximum atomic E-state index is 12.8. The van der Waals surface area contributed by atoms with Gasteiger partial charge >= 0.3 is 0 Å². The molecule has 19 heavy (non-hydrogen) atoms. The van der Waals surface area contributed by atoms with Crippen LogP contribution in [-0.4, -0.2) is 5.91 Å². The van der Waals surface area contributed by atoms with Crippen LogP contribution in [0.4, 0.5) is 15.8 Å². The second-order valence-corrected chi connectivity index (χ2v) is 4.21. The smallest absolute Gasteiger partial charge is 0.257 e. The second-order valence-electron chi connectivity index (χ2n) is 4.21. The highest BCUT2D eigenvalue weighted by Gasteiger charge is 2.23. The van der Waals surface area contributed by atoms with Gasteiger partial charge in [0, 0.05) is 23.1 Å². The fourth-order valence-corrected chi connectivity index (χ4v) is 1.98. The minimum Gasteiger partial charge on any atom is -0.361 e. The minimum absolute atomic E-state index is 0.143. The summed E-state index contributed by atoms with van der Waals surface area (Å²) < 4.78 is 12.8. The topological polar surface area (TPSA) is 41.1 Å². The number of amides is 1. The molecule has 0 unspecified atom stereocenters. The van der Waals surface area contributed by atoms with Crippen LogP contribution in [0, 0.1) is 5.82 Å². The molecule has 1 heterocycles. The number of hydrogen-bond acceptors (Lipinski definition) is 2. The highest BCUT2D eigenvalue weighted by molar-refractivity contribution is 6.31. The summed E-state index contributed by atoms with van der Waals surface area (Å²) in [5.41, 5.74) is 2.97. The van der Waals surface area contributed by atoms with Crippen LogP contribution in [0.3, 0.4) is 0 Å². The molecule has 0 aliphatic carbocycles. The molecule has 1 aliphatic rings. The Bertz CT molecular complexity index is 662. The van der Waals surface area contributed by atoms with E-state index in [1.165, 1.54) is 12.1 Å².